The SMILES string of the molecule is CC(=O)NC(C(=O)Nc1ccc(NC(=O)C(C)(C)C)c(Cl)c1)C(C)C. The van der Waals surface area contributed by atoms with E-state index in [0.29, 0.717) is 16.4 Å². The molecule has 0 heterocycles. The first kappa shape index (κ1) is 21.0. The van der Waals surface area contributed by atoms with Crippen molar-refractivity contribution in [1.82, 2.24) is 5.32 Å². The molecule has 0 aromatic heterocycles. The third kappa shape index (κ3) is 6.38. The summed E-state index contributed by atoms with van der Waals surface area (Å²) in [6.45, 7) is 10.5. The van der Waals surface area contributed by atoms with Crippen molar-refractivity contribution >= 4 is 40.7 Å². The van der Waals surface area contributed by atoms with Gasteiger partial charge in [0.05, 0.1) is 10.7 Å². The summed E-state index contributed by atoms with van der Waals surface area (Å²) >= 11 is 6.20. The summed E-state index contributed by atoms with van der Waals surface area (Å²) in [6, 6.07) is 4.19. The molecular formula is C18H26ClN3O3. The van der Waals surface area contributed by atoms with Crippen molar-refractivity contribution in [3.63, 3.8) is 0 Å². The smallest absolute Gasteiger partial charge is 0.247 e. The fourth-order valence-corrected chi connectivity index (χ4v) is 2.21. The number of anilines is 2. The molecule has 1 unspecified atom stereocenters. The Morgan fingerprint density at radius 2 is 1.68 bits per heavy atom. The lowest BCUT2D eigenvalue weighted by molar-refractivity contribution is -0.126. The van der Waals surface area contributed by atoms with Crippen LogP contribution in [-0.4, -0.2) is 23.8 Å². The molecule has 25 heavy (non-hydrogen) atoms. The monoisotopic (exact) mass is 367 g/mol. The van der Waals surface area contributed by atoms with E-state index in [9.17, 15) is 14.4 Å². The second-order valence-electron chi connectivity index (χ2n) is 7.31. The molecule has 0 aliphatic heterocycles. The van der Waals surface area contributed by atoms with Crippen molar-refractivity contribution in [3.05, 3.63) is 23.2 Å². The standard InChI is InChI=1S/C18H26ClN3O3/c1-10(2)15(20-11(3)23)16(24)21-12-7-8-14(13(19)9-12)22-17(25)18(4,5)6/h7-10,15H,1-6H3,(H,20,23)(H,21,24)(H,22,25). The lowest BCUT2D eigenvalue weighted by Crippen LogP contribution is -2.46. The molecule has 138 valence electrons. The Labute approximate surface area is 153 Å². The predicted octanol–water partition coefficient (Wildman–Crippen LogP) is 3.42. The first-order valence-electron chi connectivity index (χ1n) is 8.10. The van der Waals surface area contributed by atoms with Gasteiger partial charge >= 0.3 is 0 Å². The van der Waals surface area contributed by atoms with Gasteiger partial charge in [-0.15, -0.1) is 0 Å². The van der Waals surface area contributed by atoms with Gasteiger partial charge in [-0.2, -0.15) is 0 Å². The summed E-state index contributed by atoms with van der Waals surface area (Å²) in [7, 11) is 0. The first-order valence-corrected chi connectivity index (χ1v) is 8.48. The molecule has 6 nitrogen and oxygen atoms in total. The maximum absolute atomic E-state index is 12.4. The molecule has 1 aromatic rings. The Kier molecular flexibility index (Phi) is 6.99. The largest absolute Gasteiger partial charge is 0.344 e. The normalized spacial score (nSPS) is 12.5. The van der Waals surface area contributed by atoms with E-state index >= 15 is 0 Å². The zero-order valence-corrected chi connectivity index (χ0v) is 16.2. The fraction of sp³-hybridized carbons (Fsp3) is 0.500. The summed E-state index contributed by atoms with van der Waals surface area (Å²) in [6.07, 6.45) is 0. The Morgan fingerprint density at radius 1 is 1.08 bits per heavy atom. The molecule has 0 bridgehead atoms. The van der Waals surface area contributed by atoms with Crippen LogP contribution in [0.3, 0.4) is 0 Å². The molecule has 0 aliphatic rings. The number of carbonyl (C=O) groups is 3. The summed E-state index contributed by atoms with van der Waals surface area (Å²) < 4.78 is 0. The van der Waals surface area contributed by atoms with E-state index in [1.165, 1.54) is 6.92 Å². The number of hydrogen-bond donors (Lipinski definition) is 3. The molecule has 3 N–H and O–H groups in total. The summed E-state index contributed by atoms with van der Waals surface area (Å²) in [5.74, 6) is -0.818. The lowest BCUT2D eigenvalue weighted by Gasteiger charge is -2.21. The zero-order chi connectivity index (χ0) is 19.4. The third-order valence-electron chi connectivity index (χ3n) is 3.47. The van der Waals surface area contributed by atoms with Crippen molar-refractivity contribution in [2.45, 2.75) is 47.6 Å². The highest BCUT2D eigenvalue weighted by molar-refractivity contribution is 6.34. The van der Waals surface area contributed by atoms with Gasteiger partial charge in [0, 0.05) is 18.0 Å². The van der Waals surface area contributed by atoms with Gasteiger partial charge in [0.25, 0.3) is 0 Å². The molecule has 3 amide bonds. The summed E-state index contributed by atoms with van der Waals surface area (Å²) in [5.41, 5.74) is 0.417. The van der Waals surface area contributed by atoms with Crippen LogP contribution in [0, 0.1) is 11.3 Å². The van der Waals surface area contributed by atoms with Gasteiger partial charge in [-0.1, -0.05) is 46.2 Å². The number of carbonyl (C=O) groups excluding carboxylic acids is 3. The topological polar surface area (TPSA) is 87.3 Å². The van der Waals surface area contributed by atoms with Crippen LogP contribution in [0.2, 0.25) is 5.02 Å². The number of rotatable bonds is 5. The van der Waals surface area contributed by atoms with Crippen LogP contribution in [0.1, 0.15) is 41.5 Å². The fourth-order valence-electron chi connectivity index (χ4n) is 1.98. The maximum Gasteiger partial charge on any atom is 0.247 e. The Morgan fingerprint density at radius 3 is 2.12 bits per heavy atom. The number of halogens is 1. The second kappa shape index (κ2) is 8.34. The van der Waals surface area contributed by atoms with Gasteiger partial charge in [-0.3, -0.25) is 14.4 Å². The Bertz CT molecular complexity index is 666. The molecule has 0 radical (unpaired) electrons. The lowest BCUT2D eigenvalue weighted by atomic mass is 9.95. The number of benzene rings is 1. The third-order valence-corrected chi connectivity index (χ3v) is 3.79. The van der Waals surface area contributed by atoms with Crippen molar-refractivity contribution in [3.8, 4) is 0 Å². The van der Waals surface area contributed by atoms with E-state index in [-0.39, 0.29) is 23.6 Å². The zero-order valence-electron chi connectivity index (χ0n) is 15.5. The van der Waals surface area contributed by atoms with E-state index < -0.39 is 11.5 Å². The van der Waals surface area contributed by atoms with Crippen LogP contribution < -0.4 is 16.0 Å². The molecule has 1 aromatic carbocycles. The van der Waals surface area contributed by atoms with Crippen molar-refractivity contribution < 1.29 is 14.4 Å². The Hall–Kier alpha value is -2.08. The van der Waals surface area contributed by atoms with Gasteiger partial charge in [0.1, 0.15) is 6.04 Å². The quantitative estimate of drug-likeness (QED) is 0.745. The number of hydrogen-bond acceptors (Lipinski definition) is 3. The highest BCUT2D eigenvalue weighted by Crippen LogP contribution is 2.27. The number of amides is 3. The van der Waals surface area contributed by atoms with Crippen molar-refractivity contribution in [2.24, 2.45) is 11.3 Å². The average Bonchev–Trinajstić information content (AvgIpc) is 2.45. The maximum atomic E-state index is 12.4. The molecule has 0 aliphatic carbocycles. The average molecular weight is 368 g/mol. The van der Waals surface area contributed by atoms with Gasteiger partial charge in [0.2, 0.25) is 17.7 Å². The van der Waals surface area contributed by atoms with Crippen LogP contribution in [0.5, 0.6) is 0 Å². The molecule has 1 rings (SSSR count). The Balaban J connectivity index is 2.87. The van der Waals surface area contributed by atoms with Crippen molar-refractivity contribution in [2.75, 3.05) is 10.6 Å². The van der Waals surface area contributed by atoms with Crippen LogP contribution >= 0.6 is 11.6 Å². The highest BCUT2D eigenvalue weighted by Gasteiger charge is 2.24. The van der Waals surface area contributed by atoms with Crippen LogP contribution in [0.15, 0.2) is 18.2 Å². The van der Waals surface area contributed by atoms with Gasteiger partial charge < -0.3 is 16.0 Å². The summed E-state index contributed by atoms with van der Waals surface area (Å²) in [4.78, 5) is 35.6. The molecule has 1 atom stereocenters. The minimum Gasteiger partial charge on any atom is -0.344 e. The van der Waals surface area contributed by atoms with Crippen LogP contribution in [-0.2, 0) is 14.4 Å². The molecule has 0 saturated heterocycles. The minimum absolute atomic E-state index is 0.0651. The van der Waals surface area contributed by atoms with E-state index in [0.717, 1.165) is 0 Å². The van der Waals surface area contributed by atoms with Crippen molar-refractivity contribution in [1.29, 1.82) is 0 Å². The molecule has 0 spiro atoms. The molecule has 7 heteroatoms. The highest BCUT2D eigenvalue weighted by atomic mass is 35.5. The van der Waals surface area contributed by atoms with Gasteiger partial charge in [-0.05, 0) is 24.1 Å². The van der Waals surface area contributed by atoms with E-state index in [2.05, 4.69) is 16.0 Å². The molecule has 0 saturated carbocycles. The van der Waals surface area contributed by atoms with E-state index in [4.69, 9.17) is 11.6 Å². The number of nitrogens with one attached hydrogen (secondary N) is 3. The predicted molar refractivity (Wildman–Crippen MR) is 101 cm³/mol. The molecule has 0 fully saturated rings. The van der Waals surface area contributed by atoms with Crippen LogP contribution in [0.4, 0.5) is 11.4 Å². The molecular weight excluding hydrogens is 342 g/mol. The summed E-state index contributed by atoms with van der Waals surface area (Å²) in [5, 5.41) is 8.43. The minimum atomic E-state index is -0.642. The van der Waals surface area contributed by atoms with Crippen LogP contribution in [0.25, 0.3) is 0 Å². The van der Waals surface area contributed by atoms with E-state index in [1.54, 1.807) is 39.0 Å². The van der Waals surface area contributed by atoms with Gasteiger partial charge in [-0.25, -0.2) is 0 Å². The second-order valence-corrected chi connectivity index (χ2v) is 7.72. The van der Waals surface area contributed by atoms with Gasteiger partial charge in [0.15, 0.2) is 0 Å². The first-order chi connectivity index (χ1) is 11.4. The van der Waals surface area contributed by atoms with E-state index in [1.807, 2.05) is 13.8 Å².